The number of nitrogens with zero attached hydrogens (tertiary/aromatic N) is 4. The topological polar surface area (TPSA) is 99.9 Å². The molecule has 0 amide bonds. The van der Waals surface area contributed by atoms with E-state index in [1.807, 2.05) is 20.8 Å². The summed E-state index contributed by atoms with van der Waals surface area (Å²) in [6.45, 7) is 6.23. The van der Waals surface area contributed by atoms with E-state index in [9.17, 15) is 10.1 Å². The van der Waals surface area contributed by atoms with Crippen LogP contribution in [0.25, 0.3) is 0 Å². The lowest BCUT2D eigenvalue weighted by Crippen LogP contribution is -2.20. The van der Waals surface area contributed by atoms with E-state index >= 15 is 0 Å². The summed E-state index contributed by atoms with van der Waals surface area (Å²) in [6.07, 6.45) is 0. The Morgan fingerprint density at radius 3 is 2.67 bits per heavy atom. The minimum atomic E-state index is -0.406. The third kappa shape index (κ3) is 3.21. The number of nitro groups is 1. The van der Waals surface area contributed by atoms with Crippen molar-refractivity contribution in [3.05, 3.63) is 44.0 Å². The predicted octanol–water partition coefficient (Wildman–Crippen LogP) is 2.88. The molecule has 0 aliphatic rings. The fourth-order valence-electron chi connectivity index (χ4n) is 2.21. The number of aromatic nitrogens is 3. The molecular weight excluding hydrogens is 338 g/mol. The number of nitro benzene ring substituents is 1. The molecule has 8 heteroatoms. The van der Waals surface area contributed by atoms with Crippen LogP contribution in [-0.2, 0) is 12.0 Å². The number of hydrogen-bond donors (Lipinski definition) is 1. The lowest BCUT2D eigenvalue weighted by atomic mass is 9.91. The molecule has 0 aliphatic carbocycles. The largest absolute Gasteiger partial charge is 0.381 e. The number of benzene rings is 1. The molecular formula is C13H16BrN5O2. The third-order valence-corrected chi connectivity index (χ3v) is 3.53. The predicted molar refractivity (Wildman–Crippen MR) is 83.0 cm³/mol. The third-order valence-electron chi connectivity index (χ3n) is 3.04. The van der Waals surface area contributed by atoms with Crippen LogP contribution in [0.3, 0.4) is 0 Å². The van der Waals surface area contributed by atoms with Crippen molar-refractivity contribution in [3.8, 4) is 0 Å². The van der Waals surface area contributed by atoms with Gasteiger partial charge in [-0.25, -0.2) is 4.68 Å². The molecule has 0 bridgehead atoms. The van der Waals surface area contributed by atoms with Gasteiger partial charge in [-0.3, -0.25) is 10.1 Å². The summed E-state index contributed by atoms with van der Waals surface area (Å²) in [5.41, 5.74) is 6.97. The molecule has 0 radical (unpaired) electrons. The summed E-state index contributed by atoms with van der Waals surface area (Å²) in [5.74, 6) is 0.349. The molecule has 0 saturated carbocycles. The van der Waals surface area contributed by atoms with Crippen molar-refractivity contribution < 1.29 is 4.92 Å². The zero-order valence-corrected chi connectivity index (χ0v) is 13.6. The summed E-state index contributed by atoms with van der Waals surface area (Å²) >= 11 is 3.24. The van der Waals surface area contributed by atoms with Gasteiger partial charge in [0.1, 0.15) is 0 Å². The standard InChI is InChI=1S/C13H16BrN5O2/c1-13(2,3)11-12(15)16-17-18(11)7-8-4-5-9(14)6-10(8)19(20)21/h4-6H,7,15H2,1-3H3. The maximum atomic E-state index is 11.2. The zero-order valence-electron chi connectivity index (χ0n) is 12.0. The molecule has 0 unspecified atom stereocenters. The Labute approximate surface area is 130 Å². The van der Waals surface area contributed by atoms with Crippen molar-refractivity contribution in [2.75, 3.05) is 5.73 Å². The Bertz CT molecular complexity index is 690. The number of halogens is 1. The quantitative estimate of drug-likeness (QED) is 0.675. The van der Waals surface area contributed by atoms with Gasteiger partial charge in [0, 0.05) is 16.0 Å². The van der Waals surface area contributed by atoms with Gasteiger partial charge in [0.05, 0.1) is 22.7 Å². The van der Waals surface area contributed by atoms with Gasteiger partial charge in [-0.05, 0) is 12.1 Å². The number of hydrogen-bond acceptors (Lipinski definition) is 5. The van der Waals surface area contributed by atoms with E-state index in [1.165, 1.54) is 6.07 Å². The minimum absolute atomic E-state index is 0.0401. The average Bonchev–Trinajstić information content (AvgIpc) is 2.72. The number of anilines is 1. The molecule has 1 aromatic heterocycles. The van der Waals surface area contributed by atoms with Crippen LogP contribution in [-0.4, -0.2) is 19.9 Å². The minimum Gasteiger partial charge on any atom is -0.381 e. The fraction of sp³-hybridized carbons (Fsp3) is 0.385. The van der Waals surface area contributed by atoms with Crippen molar-refractivity contribution in [2.45, 2.75) is 32.7 Å². The molecule has 112 valence electrons. The second-order valence-corrected chi connectivity index (χ2v) is 6.68. The molecule has 0 saturated heterocycles. The van der Waals surface area contributed by atoms with Crippen LogP contribution >= 0.6 is 15.9 Å². The molecule has 0 aliphatic heterocycles. The number of nitrogens with two attached hydrogens (primary N) is 1. The second-order valence-electron chi connectivity index (χ2n) is 5.76. The van der Waals surface area contributed by atoms with Gasteiger partial charge < -0.3 is 5.73 Å². The summed E-state index contributed by atoms with van der Waals surface area (Å²) in [4.78, 5) is 10.8. The fourth-order valence-corrected chi connectivity index (χ4v) is 2.56. The summed E-state index contributed by atoms with van der Waals surface area (Å²) in [6, 6.07) is 4.94. The Hall–Kier alpha value is -1.96. The molecule has 1 heterocycles. The van der Waals surface area contributed by atoms with Crippen LogP contribution in [0.15, 0.2) is 22.7 Å². The first-order valence-electron chi connectivity index (χ1n) is 6.32. The lowest BCUT2D eigenvalue weighted by molar-refractivity contribution is -0.385. The molecule has 0 fully saturated rings. The van der Waals surface area contributed by atoms with Crippen LogP contribution in [0.5, 0.6) is 0 Å². The normalized spacial score (nSPS) is 11.6. The number of rotatable bonds is 3. The van der Waals surface area contributed by atoms with Gasteiger partial charge in [0.25, 0.3) is 5.69 Å². The molecule has 0 atom stereocenters. The summed E-state index contributed by atoms with van der Waals surface area (Å²) < 4.78 is 2.28. The van der Waals surface area contributed by atoms with Crippen molar-refractivity contribution in [3.63, 3.8) is 0 Å². The monoisotopic (exact) mass is 353 g/mol. The van der Waals surface area contributed by atoms with E-state index in [4.69, 9.17) is 5.73 Å². The van der Waals surface area contributed by atoms with Crippen LogP contribution in [0.4, 0.5) is 11.5 Å². The first-order chi connectivity index (χ1) is 9.70. The molecule has 2 N–H and O–H groups in total. The van der Waals surface area contributed by atoms with Crippen LogP contribution < -0.4 is 5.73 Å². The highest BCUT2D eigenvalue weighted by molar-refractivity contribution is 9.10. The van der Waals surface area contributed by atoms with E-state index in [1.54, 1.807) is 16.8 Å². The highest BCUT2D eigenvalue weighted by Gasteiger charge is 2.25. The molecule has 0 spiro atoms. The van der Waals surface area contributed by atoms with Gasteiger partial charge in [0.15, 0.2) is 5.82 Å². The maximum Gasteiger partial charge on any atom is 0.275 e. The van der Waals surface area contributed by atoms with Crippen molar-refractivity contribution in [1.82, 2.24) is 15.0 Å². The second kappa shape index (κ2) is 5.44. The Morgan fingerprint density at radius 1 is 1.43 bits per heavy atom. The highest BCUT2D eigenvalue weighted by atomic mass is 79.9. The van der Waals surface area contributed by atoms with E-state index in [0.717, 1.165) is 5.69 Å². The van der Waals surface area contributed by atoms with E-state index < -0.39 is 4.92 Å². The molecule has 2 aromatic rings. The van der Waals surface area contributed by atoms with Gasteiger partial charge in [-0.1, -0.05) is 41.9 Å². The van der Waals surface area contributed by atoms with E-state index in [0.29, 0.717) is 15.9 Å². The zero-order chi connectivity index (χ0) is 15.8. The highest BCUT2D eigenvalue weighted by Crippen LogP contribution is 2.29. The summed E-state index contributed by atoms with van der Waals surface area (Å²) in [5, 5.41) is 19.1. The molecule has 21 heavy (non-hydrogen) atoms. The van der Waals surface area contributed by atoms with Crippen molar-refractivity contribution in [2.24, 2.45) is 0 Å². The molecule has 1 aromatic carbocycles. The molecule has 7 nitrogen and oxygen atoms in total. The van der Waals surface area contributed by atoms with Gasteiger partial charge in [-0.2, -0.15) is 0 Å². The first-order valence-corrected chi connectivity index (χ1v) is 7.11. The van der Waals surface area contributed by atoms with E-state index in [2.05, 4.69) is 26.2 Å². The number of nitrogen functional groups attached to an aromatic ring is 1. The van der Waals surface area contributed by atoms with E-state index in [-0.39, 0.29) is 17.6 Å². The Balaban J connectivity index is 2.47. The molecule has 2 rings (SSSR count). The van der Waals surface area contributed by atoms with Crippen LogP contribution in [0.2, 0.25) is 0 Å². The first kappa shape index (κ1) is 15.4. The van der Waals surface area contributed by atoms with Crippen LogP contribution in [0, 0.1) is 10.1 Å². The Morgan fingerprint density at radius 2 is 2.10 bits per heavy atom. The smallest absolute Gasteiger partial charge is 0.275 e. The van der Waals surface area contributed by atoms with Crippen molar-refractivity contribution >= 4 is 27.4 Å². The van der Waals surface area contributed by atoms with Gasteiger partial charge >= 0.3 is 0 Å². The van der Waals surface area contributed by atoms with Crippen molar-refractivity contribution in [1.29, 1.82) is 0 Å². The van der Waals surface area contributed by atoms with Crippen LogP contribution in [0.1, 0.15) is 32.0 Å². The van der Waals surface area contributed by atoms with Gasteiger partial charge in [0.2, 0.25) is 0 Å². The SMILES string of the molecule is CC(C)(C)c1c(N)nnn1Cc1ccc(Br)cc1[N+](=O)[O-]. The maximum absolute atomic E-state index is 11.2. The summed E-state index contributed by atoms with van der Waals surface area (Å²) in [7, 11) is 0. The lowest BCUT2D eigenvalue weighted by Gasteiger charge is -2.20. The Kier molecular flexibility index (Phi) is 3.99. The van der Waals surface area contributed by atoms with Gasteiger partial charge in [-0.15, -0.1) is 5.10 Å². The average molecular weight is 354 g/mol.